The Balaban J connectivity index is 2.25. The summed E-state index contributed by atoms with van der Waals surface area (Å²) in [7, 11) is 0. The first-order valence-electron chi connectivity index (χ1n) is 6.79. The van der Waals surface area contributed by atoms with Gasteiger partial charge in [0.05, 0.1) is 17.7 Å². The zero-order valence-electron chi connectivity index (χ0n) is 12.3. The van der Waals surface area contributed by atoms with Gasteiger partial charge in [0.2, 0.25) is 0 Å². The van der Waals surface area contributed by atoms with E-state index in [1.165, 1.54) is 25.1 Å². The van der Waals surface area contributed by atoms with Crippen LogP contribution in [0.1, 0.15) is 23.7 Å². The molecule has 1 aromatic carbocycles. The van der Waals surface area contributed by atoms with Gasteiger partial charge in [0.15, 0.2) is 11.9 Å². The first-order valence-corrected chi connectivity index (χ1v) is 6.79. The summed E-state index contributed by atoms with van der Waals surface area (Å²) in [5, 5.41) is 13.1. The molecule has 7 nitrogen and oxygen atoms in total. The van der Waals surface area contributed by atoms with E-state index in [0.29, 0.717) is 0 Å². The Morgan fingerprint density at radius 2 is 2.08 bits per heavy atom. The second-order valence-corrected chi connectivity index (χ2v) is 5.12. The maximum Gasteiger partial charge on any atom is 0.391 e. The molecule has 0 spiro atoms. The van der Waals surface area contributed by atoms with Gasteiger partial charge in [-0.25, -0.2) is 4.79 Å². The van der Waals surface area contributed by atoms with Crippen molar-refractivity contribution in [3.05, 3.63) is 23.8 Å². The van der Waals surface area contributed by atoms with Gasteiger partial charge in [0.25, 0.3) is 11.8 Å². The monoisotopic (exact) mass is 346 g/mol. The van der Waals surface area contributed by atoms with Crippen molar-refractivity contribution in [2.75, 3.05) is 5.32 Å². The molecule has 1 aromatic rings. The number of hydrogen-bond acceptors (Lipinski definition) is 4. The number of anilines is 1. The Hall–Kier alpha value is -2.78. The highest BCUT2D eigenvalue weighted by Gasteiger charge is 2.37. The fraction of sp³-hybridized carbons (Fsp3) is 0.357. The Labute approximate surface area is 133 Å². The van der Waals surface area contributed by atoms with Crippen molar-refractivity contribution in [3.8, 4) is 5.75 Å². The molecule has 1 aliphatic heterocycles. The van der Waals surface area contributed by atoms with E-state index in [9.17, 15) is 27.6 Å². The zero-order chi connectivity index (χ0) is 18.1. The van der Waals surface area contributed by atoms with Crippen LogP contribution in [0.4, 0.5) is 18.9 Å². The number of benzene rings is 1. The predicted octanol–water partition coefficient (Wildman–Crippen LogP) is 1.54. The van der Waals surface area contributed by atoms with Gasteiger partial charge in [-0.1, -0.05) is 6.07 Å². The van der Waals surface area contributed by atoms with Crippen LogP contribution in [0.15, 0.2) is 18.2 Å². The number of amides is 2. The smallest absolute Gasteiger partial charge is 0.391 e. The number of para-hydroxylation sites is 1. The zero-order valence-corrected chi connectivity index (χ0v) is 12.3. The molecular weight excluding hydrogens is 333 g/mol. The highest BCUT2D eigenvalue weighted by Crippen LogP contribution is 2.33. The third-order valence-electron chi connectivity index (χ3n) is 3.22. The van der Waals surface area contributed by atoms with E-state index in [1.54, 1.807) is 0 Å². The number of carbonyl (C=O) groups excluding carboxylic acids is 2. The van der Waals surface area contributed by atoms with Gasteiger partial charge >= 0.3 is 12.1 Å². The minimum atomic E-state index is -4.76. The molecule has 0 fully saturated rings. The fourth-order valence-electron chi connectivity index (χ4n) is 2.07. The summed E-state index contributed by atoms with van der Waals surface area (Å²) in [5.41, 5.74) is 0.00113. The number of carboxylic acids is 1. The van der Waals surface area contributed by atoms with Gasteiger partial charge in [0.1, 0.15) is 6.04 Å². The van der Waals surface area contributed by atoms with Crippen molar-refractivity contribution in [2.45, 2.75) is 31.7 Å². The summed E-state index contributed by atoms with van der Waals surface area (Å²) in [4.78, 5) is 34.6. The number of nitrogens with one attached hydrogen (secondary N) is 2. The lowest BCUT2D eigenvalue weighted by atomic mass is 10.1. The van der Waals surface area contributed by atoms with E-state index in [-0.39, 0.29) is 17.0 Å². The van der Waals surface area contributed by atoms with Gasteiger partial charge in [-0.05, 0) is 19.1 Å². The van der Waals surface area contributed by atoms with E-state index in [0.717, 1.165) is 0 Å². The Morgan fingerprint density at radius 1 is 1.42 bits per heavy atom. The SMILES string of the molecule is CC1Oc2c(cccc2C(=O)NC(CC(F)(F)F)C(=O)O)NC1=O. The van der Waals surface area contributed by atoms with E-state index < -0.39 is 42.5 Å². The lowest BCUT2D eigenvalue weighted by Gasteiger charge is -2.25. The number of hydrogen-bond donors (Lipinski definition) is 3. The van der Waals surface area contributed by atoms with Crippen molar-refractivity contribution in [2.24, 2.45) is 0 Å². The lowest BCUT2D eigenvalue weighted by molar-refractivity contribution is -0.157. The van der Waals surface area contributed by atoms with Crippen LogP contribution in [-0.4, -0.2) is 41.2 Å². The van der Waals surface area contributed by atoms with Crippen LogP contribution >= 0.6 is 0 Å². The van der Waals surface area contributed by atoms with E-state index in [1.807, 2.05) is 5.32 Å². The Morgan fingerprint density at radius 3 is 2.67 bits per heavy atom. The van der Waals surface area contributed by atoms with Crippen molar-refractivity contribution in [3.63, 3.8) is 0 Å². The van der Waals surface area contributed by atoms with Gasteiger partial charge in [-0.2, -0.15) is 13.2 Å². The first-order chi connectivity index (χ1) is 11.1. The molecule has 0 aliphatic carbocycles. The van der Waals surface area contributed by atoms with Crippen LogP contribution < -0.4 is 15.4 Å². The summed E-state index contributed by atoms with van der Waals surface area (Å²) < 4.78 is 42.5. The summed E-state index contributed by atoms with van der Waals surface area (Å²) in [6.45, 7) is 1.43. The topological polar surface area (TPSA) is 105 Å². The van der Waals surface area contributed by atoms with Crippen LogP contribution in [0.25, 0.3) is 0 Å². The number of halogens is 3. The molecule has 2 atom stereocenters. The van der Waals surface area contributed by atoms with Crippen LogP contribution in [0, 0.1) is 0 Å². The van der Waals surface area contributed by atoms with Gasteiger partial charge in [-0.15, -0.1) is 0 Å². The largest absolute Gasteiger partial charge is 0.480 e. The minimum absolute atomic E-state index is 0.0294. The van der Waals surface area contributed by atoms with Crippen molar-refractivity contribution < 1.29 is 37.4 Å². The van der Waals surface area contributed by atoms with Crippen molar-refractivity contribution in [1.82, 2.24) is 5.32 Å². The molecule has 2 amide bonds. The normalized spacial score (nSPS) is 18.0. The standard InChI is InChI=1S/C14H13F3N2O5/c1-6-11(20)18-8-4-2-3-7(10(8)24-6)12(21)19-9(13(22)23)5-14(15,16)17/h2-4,6,9H,5H2,1H3,(H,18,20)(H,19,21)(H,22,23). The molecule has 0 saturated heterocycles. The molecule has 1 heterocycles. The second kappa shape index (κ2) is 6.38. The lowest BCUT2D eigenvalue weighted by Crippen LogP contribution is -2.44. The number of rotatable bonds is 4. The highest BCUT2D eigenvalue weighted by molar-refractivity contribution is 6.04. The molecule has 2 rings (SSSR count). The number of fused-ring (bicyclic) bond motifs is 1. The van der Waals surface area contributed by atoms with Crippen molar-refractivity contribution in [1.29, 1.82) is 0 Å². The maximum absolute atomic E-state index is 12.4. The van der Waals surface area contributed by atoms with E-state index in [2.05, 4.69) is 5.32 Å². The molecule has 0 radical (unpaired) electrons. The fourth-order valence-corrected chi connectivity index (χ4v) is 2.07. The Kier molecular flexibility index (Phi) is 4.67. The predicted molar refractivity (Wildman–Crippen MR) is 74.7 cm³/mol. The molecule has 10 heteroatoms. The van der Waals surface area contributed by atoms with Crippen LogP contribution in [0.5, 0.6) is 5.75 Å². The number of ether oxygens (including phenoxy) is 1. The summed E-state index contributed by atoms with van der Waals surface area (Å²) >= 11 is 0. The van der Waals surface area contributed by atoms with Gasteiger partial charge < -0.3 is 20.5 Å². The molecule has 0 aromatic heterocycles. The van der Waals surface area contributed by atoms with Crippen LogP contribution in [0.2, 0.25) is 0 Å². The third-order valence-corrected chi connectivity index (χ3v) is 3.22. The number of carboxylic acid groups (broad SMARTS) is 1. The molecule has 0 saturated carbocycles. The molecule has 2 unspecified atom stereocenters. The Bertz CT molecular complexity index is 689. The highest BCUT2D eigenvalue weighted by atomic mass is 19.4. The molecular formula is C14H13F3N2O5. The molecule has 3 N–H and O–H groups in total. The average Bonchev–Trinajstić information content (AvgIpc) is 2.45. The van der Waals surface area contributed by atoms with E-state index in [4.69, 9.17) is 9.84 Å². The summed E-state index contributed by atoms with van der Waals surface area (Å²) in [6, 6.07) is 1.95. The molecule has 24 heavy (non-hydrogen) atoms. The quantitative estimate of drug-likeness (QED) is 0.767. The number of carbonyl (C=O) groups is 3. The van der Waals surface area contributed by atoms with Crippen LogP contribution in [-0.2, 0) is 9.59 Å². The molecule has 1 aliphatic rings. The number of aliphatic carboxylic acids is 1. The summed E-state index contributed by atoms with van der Waals surface area (Å²) in [6.07, 6.45) is -7.38. The average molecular weight is 346 g/mol. The van der Waals surface area contributed by atoms with Crippen molar-refractivity contribution >= 4 is 23.5 Å². The third kappa shape index (κ3) is 3.94. The van der Waals surface area contributed by atoms with E-state index >= 15 is 0 Å². The minimum Gasteiger partial charge on any atom is -0.480 e. The van der Waals surface area contributed by atoms with Crippen LogP contribution in [0.3, 0.4) is 0 Å². The second-order valence-electron chi connectivity index (χ2n) is 5.12. The number of alkyl halides is 3. The maximum atomic E-state index is 12.4. The van der Waals surface area contributed by atoms with Gasteiger partial charge in [-0.3, -0.25) is 9.59 Å². The molecule has 0 bridgehead atoms. The summed E-state index contributed by atoms with van der Waals surface area (Å²) in [5.74, 6) is -3.33. The molecule has 130 valence electrons. The van der Waals surface area contributed by atoms with Gasteiger partial charge in [0, 0.05) is 0 Å². The first kappa shape index (κ1) is 17.6.